The Hall–Kier alpha value is -1.48. The highest BCUT2D eigenvalue weighted by Crippen LogP contribution is 2.21. The topological polar surface area (TPSA) is 53.9 Å². The molecule has 1 saturated heterocycles. The number of halogens is 1. The lowest BCUT2D eigenvalue weighted by Gasteiger charge is -2.39. The zero-order valence-corrected chi connectivity index (χ0v) is 16.6. The zero-order chi connectivity index (χ0) is 18.7. The van der Waals surface area contributed by atoms with E-state index in [0.29, 0.717) is 0 Å². The van der Waals surface area contributed by atoms with Crippen molar-refractivity contribution >= 4 is 27.0 Å². The predicted octanol–water partition coefficient (Wildman–Crippen LogP) is 1.27. The van der Waals surface area contributed by atoms with Crippen LogP contribution in [0.1, 0.15) is 17.8 Å². The standard InChI is InChI=1S/C18H24FN3O2S2/c1-14(20-26(2,23)24)18(17-4-3-13-25-17)22-11-9-21(10-12-22)16-7-5-15(19)6-8-16/h3-8,13-14,18,20H,9-12H2,1-2H3/p+1/t14-,18-/m0/s1. The minimum Gasteiger partial charge on any atom is -0.360 e. The van der Waals surface area contributed by atoms with Gasteiger partial charge in [0, 0.05) is 5.69 Å². The van der Waals surface area contributed by atoms with Crippen LogP contribution in [0, 0.1) is 5.82 Å². The minimum atomic E-state index is -3.26. The fraction of sp³-hybridized carbons (Fsp3) is 0.444. The third-order valence-electron chi connectivity index (χ3n) is 4.79. The second-order valence-electron chi connectivity index (χ2n) is 6.79. The molecule has 5 nitrogen and oxygen atoms in total. The molecule has 2 atom stereocenters. The summed E-state index contributed by atoms with van der Waals surface area (Å²) in [5.74, 6) is -0.226. The number of hydrogen-bond donors (Lipinski definition) is 2. The highest BCUT2D eigenvalue weighted by Gasteiger charge is 2.34. The third-order valence-corrected chi connectivity index (χ3v) is 6.54. The smallest absolute Gasteiger partial charge is 0.209 e. The Balaban J connectivity index is 1.72. The number of thiophene rings is 1. The number of rotatable bonds is 6. The number of benzene rings is 1. The molecule has 3 rings (SSSR count). The van der Waals surface area contributed by atoms with Gasteiger partial charge in [0.15, 0.2) is 0 Å². The molecule has 142 valence electrons. The molecule has 8 heteroatoms. The molecule has 2 N–H and O–H groups in total. The summed E-state index contributed by atoms with van der Waals surface area (Å²) in [6.45, 7) is 5.44. The molecule has 2 heterocycles. The molecule has 0 radical (unpaired) electrons. The number of anilines is 1. The molecule has 1 aromatic carbocycles. The molecule has 0 saturated carbocycles. The van der Waals surface area contributed by atoms with Gasteiger partial charge in [0.25, 0.3) is 0 Å². The summed E-state index contributed by atoms with van der Waals surface area (Å²) in [6.07, 6.45) is 1.21. The Kier molecular flexibility index (Phi) is 5.96. The van der Waals surface area contributed by atoms with Crippen molar-refractivity contribution in [3.8, 4) is 0 Å². The zero-order valence-electron chi connectivity index (χ0n) is 15.0. The van der Waals surface area contributed by atoms with Crippen LogP contribution in [0.4, 0.5) is 10.1 Å². The summed E-state index contributed by atoms with van der Waals surface area (Å²) < 4.78 is 39.3. The first-order valence-corrected chi connectivity index (χ1v) is 11.5. The van der Waals surface area contributed by atoms with Crippen molar-refractivity contribution in [2.45, 2.75) is 19.0 Å². The summed E-state index contributed by atoms with van der Waals surface area (Å²) in [5, 5.41) is 2.03. The van der Waals surface area contributed by atoms with Gasteiger partial charge >= 0.3 is 0 Å². The summed E-state index contributed by atoms with van der Waals surface area (Å²) in [7, 11) is -3.26. The van der Waals surface area contributed by atoms with Crippen LogP contribution < -0.4 is 14.5 Å². The van der Waals surface area contributed by atoms with E-state index in [1.165, 1.54) is 28.2 Å². The van der Waals surface area contributed by atoms with E-state index in [9.17, 15) is 12.8 Å². The van der Waals surface area contributed by atoms with Crippen molar-refractivity contribution in [3.63, 3.8) is 0 Å². The van der Waals surface area contributed by atoms with Crippen LogP contribution in [0.15, 0.2) is 41.8 Å². The number of hydrogen-bond acceptors (Lipinski definition) is 4. The molecule has 0 aliphatic carbocycles. The molecule has 1 aliphatic rings. The van der Waals surface area contributed by atoms with E-state index in [1.807, 2.05) is 30.5 Å². The third kappa shape index (κ3) is 4.82. The summed E-state index contributed by atoms with van der Waals surface area (Å²) in [5.41, 5.74) is 1.03. The quantitative estimate of drug-likeness (QED) is 0.771. The van der Waals surface area contributed by atoms with Crippen LogP contribution in [-0.4, -0.2) is 46.9 Å². The van der Waals surface area contributed by atoms with Gasteiger partial charge in [-0.1, -0.05) is 6.07 Å². The van der Waals surface area contributed by atoms with E-state index in [0.717, 1.165) is 31.9 Å². The van der Waals surface area contributed by atoms with Crippen LogP contribution in [0.3, 0.4) is 0 Å². The maximum absolute atomic E-state index is 13.1. The lowest BCUT2D eigenvalue weighted by atomic mass is 10.1. The SMILES string of the molecule is C[C@H](NS(C)(=O)=O)[C@@H](c1cccs1)[NH+]1CCN(c2ccc(F)cc2)CC1. The molecule has 1 fully saturated rings. The number of piperazine rings is 1. The molecule has 0 unspecified atom stereocenters. The van der Waals surface area contributed by atoms with Gasteiger partial charge in [-0.25, -0.2) is 17.5 Å². The molecule has 1 aliphatic heterocycles. The normalized spacial score (nSPS) is 18.7. The van der Waals surface area contributed by atoms with Gasteiger partial charge in [-0.2, -0.15) is 0 Å². The number of quaternary nitrogens is 1. The van der Waals surface area contributed by atoms with E-state index < -0.39 is 10.0 Å². The van der Waals surface area contributed by atoms with E-state index in [-0.39, 0.29) is 17.9 Å². The first-order chi connectivity index (χ1) is 12.3. The van der Waals surface area contributed by atoms with E-state index in [2.05, 4.69) is 15.7 Å². The van der Waals surface area contributed by atoms with Gasteiger partial charge in [-0.3, -0.25) is 0 Å². The van der Waals surface area contributed by atoms with Crippen molar-refractivity contribution in [1.82, 2.24) is 4.72 Å². The number of sulfonamides is 1. The van der Waals surface area contributed by atoms with Gasteiger partial charge in [-0.05, 0) is 42.6 Å². The maximum Gasteiger partial charge on any atom is 0.209 e. The molecule has 0 bridgehead atoms. The Morgan fingerprint density at radius 1 is 1.19 bits per heavy atom. The van der Waals surface area contributed by atoms with E-state index in [4.69, 9.17) is 0 Å². The molecular weight excluding hydrogens is 373 g/mol. The highest BCUT2D eigenvalue weighted by molar-refractivity contribution is 7.88. The highest BCUT2D eigenvalue weighted by atomic mass is 32.2. The Labute approximate surface area is 158 Å². The van der Waals surface area contributed by atoms with Gasteiger partial charge in [0.05, 0.1) is 43.4 Å². The molecule has 26 heavy (non-hydrogen) atoms. The fourth-order valence-electron chi connectivity index (χ4n) is 3.69. The lowest BCUT2D eigenvalue weighted by molar-refractivity contribution is -0.933. The molecule has 2 aromatic rings. The lowest BCUT2D eigenvalue weighted by Crippen LogP contribution is -3.16. The Bertz CT molecular complexity index is 801. The first-order valence-electron chi connectivity index (χ1n) is 8.69. The van der Waals surface area contributed by atoms with Gasteiger partial charge in [0.1, 0.15) is 11.9 Å². The summed E-state index contributed by atoms with van der Waals surface area (Å²) in [6, 6.07) is 10.6. The second-order valence-corrected chi connectivity index (χ2v) is 9.55. The monoisotopic (exact) mass is 398 g/mol. The van der Waals surface area contributed by atoms with Crippen LogP contribution >= 0.6 is 11.3 Å². The van der Waals surface area contributed by atoms with Crippen LogP contribution in [-0.2, 0) is 10.0 Å². The molecule has 0 amide bonds. The van der Waals surface area contributed by atoms with Gasteiger partial charge in [-0.15, -0.1) is 11.3 Å². The maximum atomic E-state index is 13.1. The van der Waals surface area contributed by atoms with E-state index in [1.54, 1.807) is 11.3 Å². The number of nitrogens with one attached hydrogen (secondary N) is 2. The molecule has 0 spiro atoms. The van der Waals surface area contributed by atoms with Crippen molar-refractivity contribution in [2.24, 2.45) is 0 Å². The van der Waals surface area contributed by atoms with E-state index >= 15 is 0 Å². The van der Waals surface area contributed by atoms with Gasteiger partial charge in [0.2, 0.25) is 10.0 Å². The van der Waals surface area contributed by atoms with Crippen molar-refractivity contribution in [1.29, 1.82) is 0 Å². The van der Waals surface area contributed by atoms with Crippen molar-refractivity contribution in [3.05, 3.63) is 52.5 Å². The fourth-order valence-corrected chi connectivity index (χ4v) is 5.49. The van der Waals surface area contributed by atoms with Crippen LogP contribution in [0.5, 0.6) is 0 Å². The minimum absolute atomic E-state index is 0.0834. The van der Waals surface area contributed by atoms with Crippen LogP contribution in [0.2, 0.25) is 0 Å². The van der Waals surface area contributed by atoms with Crippen molar-refractivity contribution < 1.29 is 17.7 Å². The molecule has 1 aromatic heterocycles. The molecular formula is C18H25FN3O2S2+. The van der Waals surface area contributed by atoms with Crippen molar-refractivity contribution in [2.75, 3.05) is 37.3 Å². The number of nitrogens with zero attached hydrogens (tertiary/aromatic N) is 1. The van der Waals surface area contributed by atoms with Crippen LogP contribution in [0.25, 0.3) is 0 Å². The average Bonchev–Trinajstić information content (AvgIpc) is 3.09. The predicted molar refractivity (Wildman–Crippen MR) is 104 cm³/mol. The summed E-state index contributed by atoms with van der Waals surface area (Å²) in [4.78, 5) is 4.82. The second kappa shape index (κ2) is 8.04. The van der Waals surface area contributed by atoms with Gasteiger partial charge < -0.3 is 9.80 Å². The average molecular weight is 399 g/mol. The Morgan fingerprint density at radius 2 is 1.85 bits per heavy atom. The summed E-state index contributed by atoms with van der Waals surface area (Å²) >= 11 is 1.67. The largest absolute Gasteiger partial charge is 0.360 e. The Morgan fingerprint density at radius 3 is 2.38 bits per heavy atom. The first kappa shape index (κ1) is 19.3.